The average Bonchev–Trinajstić information content (AvgIpc) is 3.33. The van der Waals surface area contributed by atoms with Gasteiger partial charge in [0.25, 0.3) is 5.91 Å². The molecule has 0 radical (unpaired) electrons. The molecule has 0 N–H and O–H groups in total. The summed E-state index contributed by atoms with van der Waals surface area (Å²) in [5.41, 5.74) is 3.98. The van der Waals surface area contributed by atoms with Gasteiger partial charge in [-0.1, -0.05) is 42.5 Å². The number of imidazole rings is 1. The van der Waals surface area contributed by atoms with Crippen LogP contribution in [0.3, 0.4) is 0 Å². The molecule has 2 amide bonds. The number of fused-ring (bicyclic) bond motifs is 1. The van der Waals surface area contributed by atoms with Gasteiger partial charge in [-0.25, -0.2) is 4.98 Å². The maximum Gasteiger partial charge on any atom is 0.253 e. The first-order chi connectivity index (χ1) is 16.4. The van der Waals surface area contributed by atoms with Crippen molar-refractivity contribution < 1.29 is 9.59 Å². The van der Waals surface area contributed by atoms with Crippen molar-refractivity contribution in [1.29, 1.82) is 0 Å². The summed E-state index contributed by atoms with van der Waals surface area (Å²) in [6, 6.07) is 25.5. The number of aromatic nitrogens is 2. The zero-order chi connectivity index (χ0) is 23.7. The molecule has 1 aromatic heterocycles. The molecule has 0 unspecified atom stereocenters. The second-order valence-electron chi connectivity index (χ2n) is 9.23. The minimum atomic E-state index is -0.596. The van der Waals surface area contributed by atoms with E-state index in [1.54, 1.807) is 6.33 Å². The van der Waals surface area contributed by atoms with Gasteiger partial charge in [-0.15, -0.1) is 0 Å². The van der Waals surface area contributed by atoms with Crippen molar-refractivity contribution >= 4 is 22.8 Å². The van der Waals surface area contributed by atoms with E-state index in [0.29, 0.717) is 31.7 Å². The second kappa shape index (κ2) is 8.78. The average molecular weight is 453 g/mol. The van der Waals surface area contributed by atoms with Gasteiger partial charge >= 0.3 is 0 Å². The van der Waals surface area contributed by atoms with Crippen molar-refractivity contribution in [2.45, 2.75) is 19.3 Å². The number of hydrogen-bond donors (Lipinski definition) is 0. The number of carbonyl (C=O) groups is 2. The Morgan fingerprint density at radius 1 is 0.765 bits per heavy atom. The Morgan fingerprint density at radius 2 is 1.38 bits per heavy atom. The quantitative estimate of drug-likeness (QED) is 0.464. The molecule has 1 saturated heterocycles. The molecule has 1 fully saturated rings. The minimum absolute atomic E-state index is 0.00328. The summed E-state index contributed by atoms with van der Waals surface area (Å²) in [5.74, 6) is 0.0965. The lowest BCUT2D eigenvalue weighted by Crippen LogP contribution is -2.54. The molecular weight excluding hydrogens is 424 g/mol. The topological polar surface area (TPSA) is 58.4 Å². The Kier molecular flexibility index (Phi) is 5.65. The van der Waals surface area contributed by atoms with Gasteiger partial charge in [-0.05, 0) is 55.8 Å². The lowest BCUT2D eigenvalue weighted by molar-refractivity contribution is -0.137. The van der Waals surface area contributed by atoms with Crippen LogP contribution in [-0.4, -0.2) is 57.3 Å². The smallest absolute Gasteiger partial charge is 0.253 e. The first kappa shape index (κ1) is 21.9. The molecule has 1 aliphatic heterocycles. The summed E-state index contributed by atoms with van der Waals surface area (Å²) in [4.78, 5) is 34.5. The fraction of sp³-hybridized carbons (Fsp3) is 0.250. The van der Waals surface area contributed by atoms with Crippen molar-refractivity contribution in [2.75, 3.05) is 26.2 Å². The normalized spacial score (nSPS) is 14.4. The summed E-state index contributed by atoms with van der Waals surface area (Å²) in [5, 5.41) is 0. The van der Waals surface area contributed by atoms with E-state index >= 15 is 0 Å². The fourth-order valence-electron chi connectivity index (χ4n) is 4.60. The third-order valence-electron chi connectivity index (χ3n) is 6.73. The SMILES string of the molecule is CC(C)(C(=O)N1CCN(C(=O)c2ccc(-n3cnc4ccccc43)cc2)CC1)c1ccccc1. The van der Waals surface area contributed by atoms with Crippen molar-refractivity contribution in [3.05, 3.63) is 96.3 Å². The summed E-state index contributed by atoms with van der Waals surface area (Å²) in [7, 11) is 0. The molecule has 34 heavy (non-hydrogen) atoms. The Hall–Kier alpha value is -3.93. The van der Waals surface area contributed by atoms with Crippen molar-refractivity contribution in [1.82, 2.24) is 19.4 Å². The van der Waals surface area contributed by atoms with E-state index in [1.807, 2.05) is 107 Å². The third kappa shape index (κ3) is 3.96. The largest absolute Gasteiger partial charge is 0.338 e. The molecule has 0 spiro atoms. The molecule has 4 aromatic rings. The van der Waals surface area contributed by atoms with Crippen LogP contribution in [0.25, 0.3) is 16.7 Å². The van der Waals surface area contributed by atoms with Crippen LogP contribution >= 0.6 is 0 Å². The number of para-hydroxylation sites is 2. The number of hydrogen-bond acceptors (Lipinski definition) is 3. The summed E-state index contributed by atoms with van der Waals surface area (Å²) in [6.07, 6.45) is 1.80. The molecule has 6 nitrogen and oxygen atoms in total. The van der Waals surface area contributed by atoms with E-state index in [9.17, 15) is 9.59 Å². The molecule has 3 aromatic carbocycles. The fourth-order valence-corrected chi connectivity index (χ4v) is 4.60. The van der Waals surface area contributed by atoms with E-state index in [0.717, 1.165) is 22.3 Å². The predicted molar refractivity (Wildman–Crippen MR) is 133 cm³/mol. The van der Waals surface area contributed by atoms with Gasteiger partial charge in [-0.3, -0.25) is 14.2 Å². The molecular formula is C28H28N4O2. The number of nitrogens with zero attached hydrogens (tertiary/aromatic N) is 4. The predicted octanol–water partition coefficient (Wildman–Crippen LogP) is 4.29. The van der Waals surface area contributed by atoms with E-state index in [1.165, 1.54) is 0 Å². The van der Waals surface area contributed by atoms with Crippen LogP contribution < -0.4 is 0 Å². The van der Waals surface area contributed by atoms with Crippen LogP contribution in [0, 0.1) is 0 Å². The number of amides is 2. The molecule has 5 rings (SSSR count). The maximum atomic E-state index is 13.2. The second-order valence-corrected chi connectivity index (χ2v) is 9.23. The molecule has 1 aliphatic rings. The van der Waals surface area contributed by atoms with Gasteiger partial charge in [0.05, 0.1) is 16.4 Å². The summed E-state index contributed by atoms with van der Waals surface area (Å²) < 4.78 is 2.02. The highest BCUT2D eigenvalue weighted by atomic mass is 16.2. The highest BCUT2D eigenvalue weighted by Crippen LogP contribution is 2.26. The van der Waals surface area contributed by atoms with Crippen LogP contribution in [0.2, 0.25) is 0 Å². The highest BCUT2D eigenvalue weighted by molar-refractivity contribution is 5.95. The third-order valence-corrected chi connectivity index (χ3v) is 6.73. The number of carbonyl (C=O) groups excluding carboxylic acids is 2. The van der Waals surface area contributed by atoms with Gasteiger partial charge in [-0.2, -0.15) is 0 Å². The van der Waals surface area contributed by atoms with E-state index in [2.05, 4.69) is 4.98 Å². The van der Waals surface area contributed by atoms with Crippen LogP contribution in [-0.2, 0) is 10.2 Å². The van der Waals surface area contributed by atoms with Gasteiger partial charge in [0.1, 0.15) is 6.33 Å². The minimum Gasteiger partial charge on any atom is -0.338 e. The van der Waals surface area contributed by atoms with Gasteiger partial charge in [0, 0.05) is 37.4 Å². The van der Waals surface area contributed by atoms with Crippen LogP contribution in [0.4, 0.5) is 0 Å². The van der Waals surface area contributed by atoms with Crippen molar-refractivity contribution in [2.24, 2.45) is 0 Å². The van der Waals surface area contributed by atoms with E-state index in [-0.39, 0.29) is 11.8 Å². The molecule has 2 heterocycles. The maximum absolute atomic E-state index is 13.2. The first-order valence-electron chi connectivity index (χ1n) is 11.6. The number of piperazine rings is 1. The Balaban J connectivity index is 1.24. The Labute approximate surface area is 199 Å². The highest BCUT2D eigenvalue weighted by Gasteiger charge is 2.35. The lowest BCUT2D eigenvalue weighted by atomic mass is 9.83. The molecule has 0 saturated carbocycles. The summed E-state index contributed by atoms with van der Waals surface area (Å²) in [6.45, 7) is 6.08. The summed E-state index contributed by atoms with van der Waals surface area (Å²) >= 11 is 0. The van der Waals surface area contributed by atoms with Gasteiger partial charge in [0.2, 0.25) is 5.91 Å². The Morgan fingerprint density at radius 3 is 2.09 bits per heavy atom. The van der Waals surface area contributed by atoms with Crippen LogP contribution in [0.1, 0.15) is 29.8 Å². The van der Waals surface area contributed by atoms with Crippen molar-refractivity contribution in [3.63, 3.8) is 0 Å². The molecule has 0 bridgehead atoms. The van der Waals surface area contributed by atoms with Gasteiger partial charge in [0.15, 0.2) is 0 Å². The monoisotopic (exact) mass is 452 g/mol. The molecule has 0 aliphatic carbocycles. The zero-order valence-electron chi connectivity index (χ0n) is 19.5. The Bertz CT molecular complexity index is 1320. The standard InChI is InChI=1S/C28H28N4O2/c1-28(2,22-8-4-3-5-9-22)27(34)31-18-16-30(17-19-31)26(33)21-12-14-23(15-13-21)32-20-29-24-10-6-7-11-25(24)32/h3-15,20H,16-19H2,1-2H3. The van der Waals surface area contributed by atoms with Gasteiger partial charge < -0.3 is 9.80 Å². The van der Waals surface area contributed by atoms with Crippen LogP contribution in [0.15, 0.2) is 85.2 Å². The molecule has 172 valence electrons. The van der Waals surface area contributed by atoms with Crippen LogP contribution in [0.5, 0.6) is 0 Å². The first-order valence-corrected chi connectivity index (χ1v) is 11.6. The van der Waals surface area contributed by atoms with E-state index < -0.39 is 5.41 Å². The molecule has 0 atom stereocenters. The zero-order valence-corrected chi connectivity index (χ0v) is 19.5. The molecule has 6 heteroatoms. The number of benzene rings is 3. The number of rotatable bonds is 4. The van der Waals surface area contributed by atoms with Crippen molar-refractivity contribution in [3.8, 4) is 5.69 Å². The lowest BCUT2D eigenvalue weighted by Gasteiger charge is -2.38. The van der Waals surface area contributed by atoms with E-state index in [4.69, 9.17) is 0 Å².